The van der Waals surface area contributed by atoms with Gasteiger partial charge in [0.25, 0.3) is 0 Å². The van der Waals surface area contributed by atoms with Gasteiger partial charge in [0, 0.05) is 6.54 Å². The van der Waals surface area contributed by atoms with Crippen molar-refractivity contribution in [1.29, 1.82) is 0 Å². The summed E-state index contributed by atoms with van der Waals surface area (Å²) in [6.45, 7) is 3.74. The molecule has 18 heavy (non-hydrogen) atoms. The molecule has 0 aliphatic rings. The molecule has 1 amide bonds. The van der Waals surface area contributed by atoms with Crippen molar-refractivity contribution in [3.63, 3.8) is 0 Å². The van der Waals surface area contributed by atoms with Crippen molar-refractivity contribution in [2.24, 2.45) is 0 Å². The lowest BCUT2D eigenvalue weighted by Gasteiger charge is -2.08. The van der Waals surface area contributed by atoms with Crippen LogP contribution in [0.1, 0.15) is 5.56 Å². The Hall–Kier alpha value is -1.70. The summed E-state index contributed by atoms with van der Waals surface area (Å²) in [6.07, 6.45) is 1.73. The zero-order valence-corrected chi connectivity index (χ0v) is 10.9. The van der Waals surface area contributed by atoms with Gasteiger partial charge in [-0.05, 0) is 30.2 Å². The van der Waals surface area contributed by atoms with Gasteiger partial charge in [0.2, 0.25) is 5.91 Å². The maximum atomic E-state index is 10.8. The first kappa shape index (κ1) is 16.3. The van der Waals surface area contributed by atoms with E-state index in [0.29, 0.717) is 13.0 Å². The minimum absolute atomic E-state index is 0. The number of benzene rings is 1. The molecule has 0 saturated heterocycles. The van der Waals surface area contributed by atoms with Crippen LogP contribution in [0.15, 0.2) is 41.8 Å². The predicted molar refractivity (Wildman–Crippen MR) is 67.3 cm³/mol. The molecule has 1 rings (SSSR count). The van der Waals surface area contributed by atoms with E-state index in [1.807, 2.05) is 0 Å². The Morgan fingerprint density at radius 2 is 1.89 bits per heavy atom. The Kier molecular flexibility index (Phi) is 6.24. The number of quaternary nitrogens is 1. The Balaban J connectivity index is 0.00000289. The van der Waals surface area contributed by atoms with Crippen LogP contribution in [0.5, 0.6) is 0 Å². The summed E-state index contributed by atoms with van der Waals surface area (Å²) in [4.78, 5) is 10.6. The van der Waals surface area contributed by atoms with Gasteiger partial charge in [-0.15, -0.1) is 0 Å². The topological polar surface area (TPSA) is 123 Å². The highest BCUT2D eigenvalue weighted by molar-refractivity contribution is 7.85. The third-order valence-corrected chi connectivity index (χ3v) is 2.96. The van der Waals surface area contributed by atoms with Crippen LogP contribution >= 0.6 is 0 Å². The summed E-state index contributed by atoms with van der Waals surface area (Å²) < 4.78 is 32.0. The lowest BCUT2D eigenvalue weighted by atomic mass is 10.1. The predicted octanol–water partition coefficient (Wildman–Crippen LogP) is 0.812. The van der Waals surface area contributed by atoms with E-state index in [-0.39, 0.29) is 17.0 Å². The Bertz CT molecular complexity index is 508. The van der Waals surface area contributed by atoms with Crippen LogP contribution in [0.4, 0.5) is 0 Å². The summed E-state index contributed by atoms with van der Waals surface area (Å²) >= 11 is 0. The normalized spacial score (nSPS) is 10.3. The molecule has 0 atom stereocenters. The second-order valence-electron chi connectivity index (χ2n) is 3.34. The molecular weight excluding hydrogens is 256 g/mol. The van der Waals surface area contributed by atoms with Gasteiger partial charge in [0.1, 0.15) is 10.1 Å². The molecule has 7 heteroatoms. The molecule has 5 N–H and O–H groups in total. The van der Waals surface area contributed by atoms with Crippen molar-refractivity contribution < 1.29 is 17.8 Å². The maximum Gasteiger partial charge on any atom is 0.243 e. The molecule has 100 valence electrons. The number of hydrogen-bond donors (Lipinski definition) is 2. The summed E-state index contributed by atoms with van der Waals surface area (Å²) in [5.74, 6) is -0.260. The van der Waals surface area contributed by atoms with Crippen molar-refractivity contribution in [3.8, 4) is 0 Å². The van der Waals surface area contributed by atoms with Gasteiger partial charge >= 0.3 is 0 Å². The molecular formula is C11H16N2O4S. The van der Waals surface area contributed by atoms with E-state index in [1.54, 1.807) is 12.1 Å². The number of carbonyl (C=O) groups excluding carboxylic acids is 1. The quantitative estimate of drug-likeness (QED) is 0.608. The number of carbonyl (C=O) groups is 1. The maximum absolute atomic E-state index is 10.8. The third kappa shape index (κ3) is 5.09. The largest absolute Gasteiger partial charge is 0.744 e. The molecule has 0 saturated carbocycles. The summed E-state index contributed by atoms with van der Waals surface area (Å²) in [5.41, 5.74) is 0.835. The van der Waals surface area contributed by atoms with Crippen LogP contribution in [-0.4, -0.2) is 25.4 Å². The average Bonchev–Trinajstić information content (AvgIpc) is 2.28. The Morgan fingerprint density at radius 3 is 2.33 bits per heavy atom. The zero-order valence-electron chi connectivity index (χ0n) is 10.0. The molecule has 0 aliphatic heterocycles. The van der Waals surface area contributed by atoms with Crippen LogP contribution in [0.2, 0.25) is 0 Å². The van der Waals surface area contributed by atoms with E-state index in [9.17, 15) is 17.8 Å². The highest BCUT2D eigenvalue weighted by atomic mass is 32.2. The molecule has 0 fully saturated rings. The molecule has 0 unspecified atom stereocenters. The van der Waals surface area contributed by atoms with E-state index < -0.39 is 10.1 Å². The van der Waals surface area contributed by atoms with E-state index in [4.69, 9.17) is 0 Å². The van der Waals surface area contributed by atoms with Crippen LogP contribution < -0.4 is 11.5 Å². The fraction of sp³-hybridized carbons (Fsp3) is 0.182. The lowest BCUT2D eigenvalue weighted by molar-refractivity contribution is -0.116. The standard InChI is InChI=1S/C11H13NO4S.H3N/c1-2-11(13)12-8-7-9-3-5-10(6-4-9)17(14,15)16;/h2-6H,1,7-8H2,(H,12,13)(H,14,15,16);1H3. The molecule has 0 aromatic heterocycles. The van der Waals surface area contributed by atoms with Gasteiger partial charge in [0.05, 0.1) is 4.90 Å². The van der Waals surface area contributed by atoms with Gasteiger partial charge < -0.3 is 16.0 Å². The summed E-state index contributed by atoms with van der Waals surface area (Å²) in [5, 5.41) is 2.59. The molecule has 6 nitrogen and oxygen atoms in total. The van der Waals surface area contributed by atoms with Gasteiger partial charge in [-0.1, -0.05) is 18.7 Å². The van der Waals surface area contributed by atoms with E-state index in [2.05, 4.69) is 11.9 Å². The molecule has 0 radical (unpaired) electrons. The fourth-order valence-electron chi connectivity index (χ4n) is 1.22. The van der Waals surface area contributed by atoms with Crippen LogP contribution in [-0.2, 0) is 21.3 Å². The van der Waals surface area contributed by atoms with E-state index in [0.717, 1.165) is 5.56 Å². The first-order valence-electron chi connectivity index (χ1n) is 4.88. The lowest BCUT2D eigenvalue weighted by Crippen LogP contribution is -2.23. The van der Waals surface area contributed by atoms with Gasteiger partial charge in [-0.2, -0.15) is 0 Å². The van der Waals surface area contributed by atoms with Crippen molar-refractivity contribution in [2.75, 3.05) is 6.54 Å². The van der Waals surface area contributed by atoms with Crippen molar-refractivity contribution in [3.05, 3.63) is 42.5 Å². The number of rotatable bonds is 5. The smallest absolute Gasteiger partial charge is 0.243 e. The summed E-state index contributed by atoms with van der Waals surface area (Å²) in [6, 6.07) is 5.61. The summed E-state index contributed by atoms with van der Waals surface area (Å²) in [7, 11) is -4.39. The van der Waals surface area contributed by atoms with Crippen molar-refractivity contribution in [1.82, 2.24) is 11.5 Å². The minimum atomic E-state index is -4.39. The first-order chi connectivity index (χ1) is 7.93. The van der Waals surface area contributed by atoms with Crippen molar-refractivity contribution in [2.45, 2.75) is 11.3 Å². The highest BCUT2D eigenvalue weighted by Crippen LogP contribution is 2.09. The first-order valence-corrected chi connectivity index (χ1v) is 6.29. The van der Waals surface area contributed by atoms with E-state index >= 15 is 0 Å². The average molecular weight is 272 g/mol. The van der Waals surface area contributed by atoms with Gasteiger partial charge in [-0.3, -0.25) is 4.79 Å². The van der Waals surface area contributed by atoms with Crippen LogP contribution in [0.3, 0.4) is 0 Å². The molecule has 0 bridgehead atoms. The van der Waals surface area contributed by atoms with Gasteiger partial charge in [0.15, 0.2) is 0 Å². The SMILES string of the molecule is C=CC(=O)NCCc1ccc(S(=O)(=O)[O-])cc1.[NH4+]. The van der Waals surface area contributed by atoms with Crippen LogP contribution in [0, 0.1) is 0 Å². The van der Waals surface area contributed by atoms with Crippen LogP contribution in [0.25, 0.3) is 0 Å². The monoisotopic (exact) mass is 272 g/mol. The van der Waals surface area contributed by atoms with Crippen molar-refractivity contribution >= 4 is 16.0 Å². The second kappa shape index (κ2) is 6.90. The molecule has 1 aromatic carbocycles. The fourth-order valence-corrected chi connectivity index (χ4v) is 1.69. The molecule has 0 aliphatic carbocycles. The molecule has 0 spiro atoms. The zero-order chi connectivity index (χ0) is 12.9. The van der Waals surface area contributed by atoms with Gasteiger partial charge in [-0.25, -0.2) is 8.42 Å². The second-order valence-corrected chi connectivity index (χ2v) is 4.72. The minimum Gasteiger partial charge on any atom is -0.744 e. The number of nitrogens with one attached hydrogen (secondary N) is 1. The third-order valence-electron chi connectivity index (χ3n) is 2.11. The Labute approximate surface area is 106 Å². The highest BCUT2D eigenvalue weighted by Gasteiger charge is 2.01. The molecule has 0 heterocycles. The Morgan fingerprint density at radius 1 is 1.33 bits per heavy atom. The molecule has 1 aromatic rings. The number of amides is 1. The number of hydrogen-bond acceptors (Lipinski definition) is 4. The van der Waals surface area contributed by atoms with E-state index in [1.165, 1.54) is 18.2 Å².